The number of carbonyl (C=O) groups excluding carboxylic acids is 1. The Morgan fingerprint density at radius 1 is 1.09 bits per heavy atom. The number of rotatable bonds is 8. The van der Waals surface area contributed by atoms with Crippen molar-refractivity contribution in [1.82, 2.24) is 20.1 Å². The van der Waals surface area contributed by atoms with E-state index in [1.807, 2.05) is 66.9 Å². The van der Waals surface area contributed by atoms with Gasteiger partial charge in [-0.15, -0.1) is 10.2 Å². The number of hydrogen-bond acceptors (Lipinski definition) is 5. The second-order valence-electron chi connectivity index (χ2n) is 7.98. The van der Waals surface area contributed by atoms with Crippen LogP contribution in [0.3, 0.4) is 0 Å². The van der Waals surface area contributed by atoms with Gasteiger partial charge in [0.25, 0.3) is 0 Å². The summed E-state index contributed by atoms with van der Waals surface area (Å²) < 4.78 is 20.7. The number of carbonyl (C=O) groups is 1. The number of halogens is 1. The normalized spacial score (nSPS) is 11.7. The Kier molecular flexibility index (Phi) is 7.67. The van der Waals surface area contributed by atoms with Crippen molar-refractivity contribution in [3.05, 3.63) is 95.6 Å². The zero-order chi connectivity index (χ0) is 24.8. The van der Waals surface area contributed by atoms with Crippen LogP contribution in [0.2, 0.25) is 0 Å². The summed E-state index contributed by atoms with van der Waals surface area (Å²) in [5.74, 6) is 1.62. The van der Waals surface area contributed by atoms with Crippen molar-refractivity contribution in [2.24, 2.45) is 0 Å². The first-order chi connectivity index (χ1) is 16.9. The molecule has 3 aromatic carbocycles. The molecule has 1 unspecified atom stereocenters. The summed E-state index contributed by atoms with van der Waals surface area (Å²) in [6.45, 7) is 3.85. The molecule has 0 aliphatic rings. The van der Waals surface area contributed by atoms with E-state index in [9.17, 15) is 9.18 Å². The number of nitrogens with one attached hydrogen (secondary N) is 2. The fourth-order valence-corrected chi connectivity index (χ4v) is 4.40. The molecule has 4 aromatic rings. The number of urea groups is 1. The quantitative estimate of drug-likeness (QED) is 0.300. The van der Waals surface area contributed by atoms with Gasteiger partial charge < -0.3 is 15.4 Å². The zero-order valence-corrected chi connectivity index (χ0v) is 20.5. The molecule has 180 valence electrons. The minimum Gasteiger partial charge on any atom is -0.497 e. The molecular weight excluding hydrogens is 465 g/mol. The molecule has 0 bridgehead atoms. The lowest BCUT2D eigenvalue weighted by Crippen LogP contribution is -2.32. The second-order valence-corrected chi connectivity index (χ2v) is 8.92. The third-order valence-electron chi connectivity index (χ3n) is 5.27. The molecule has 1 heterocycles. The van der Waals surface area contributed by atoms with Crippen LogP contribution in [-0.4, -0.2) is 27.9 Å². The van der Waals surface area contributed by atoms with Gasteiger partial charge in [0.15, 0.2) is 11.0 Å². The number of benzene rings is 3. The molecule has 35 heavy (non-hydrogen) atoms. The molecule has 0 radical (unpaired) electrons. The molecule has 1 atom stereocenters. The number of methoxy groups -OCH3 is 1. The van der Waals surface area contributed by atoms with Gasteiger partial charge in [0.2, 0.25) is 0 Å². The Hall–Kier alpha value is -3.85. The number of aromatic nitrogens is 3. The molecule has 2 amide bonds. The minimum atomic E-state index is -0.469. The fourth-order valence-electron chi connectivity index (χ4n) is 3.50. The van der Waals surface area contributed by atoms with E-state index in [1.54, 1.807) is 24.9 Å². The molecule has 0 saturated carbocycles. The highest BCUT2D eigenvalue weighted by Gasteiger charge is 2.21. The highest BCUT2D eigenvalue weighted by atomic mass is 32.2. The molecular formula is C26H26FN5O2S. The van der Waals surface area contributed by atoms with Crippen LogP contribution in [0.4, 0.5) is 14.9 Å². The van der Waals surface area contributed by atoms with Crippen LogP contribution in [0, 0.1) is 12.7 Å². The van der Waals surface area contributed by atoms with Crippen LogP contribution in [0.25, 0.3) is 5.69 Å². The average molecular weight is 492 g/mol. The number of thioether (sulfide) groups is 1. The van der Waals surface area contributed by atoms with Crippen molar-refractivity contribution in [2.75, 3.05) is 12.4 Å². The van der Waals surface area contributed by atoms with Gasteiger partial charge in [-0.2, -0.15) is 0 Å². The van der Waals surface area contributed by atoms with E-state index in [0.29, 0.717) is 22.4 Å². The summed E-state index contributed by atoms with van der Waals surface area (Å²) in [6, 6.07) is 20.7. The zero-order valence-electron chi connectivity index (χ0n) is 19.7. The van der Waals surface area contributed by atoms with Gasteiger partial charge in [-0.25, -0.2) is 9.18 Å². The molecule has 2 N–H and O–H groups in total. The summed E-state index contributed by atoms with van der Waals surface area (Å²) in [5, 5.41) is 15.0. The summed E-state index contributed by atoms with van der Waals surface area (Å²) in [5.41, 5.74) is 3.48. The number of amides is 2. The third-order valence-corrected chi connectivity index (χ3v) is 6.27. The monoisotopic (exact) mass is 491 g/mol. The Labute approximate surface area is 207 Å². The first kappa shape index (κ1) is 24.3. The highest BCUT2D eigenvalue weighted by Crippen LogP contribution is 2.28. The van der Waals surface area contributed by atoms with Crippen LogP contribution in [0.15, 0.2) is 78.0 Å². The van der Waals surface area contributed by atoms with E-state index in [0.717, 1.165) is 22.6 Å². The number of aryl methyl sites for hydroxylation is 1. The van der Waals surface area contributed by atoms with Gasteiger partial charge in [-0.1, -0.05) is 47.7 Å². The molecule has 1 aromatic heterocycles. The van der Waals surface area contributed by atoms with Crippen LogP contribution in [0.1, 0.15) is 29.9 Å². The number of hydrogen-bond donors (Lipinski definition) is 2. The van der Waals surface area contributed by atoms with E-state index in [4.69, 9.17) is 4.74 Å². The summed E-state index contributed by atoms with van der Waals surface area (Å²) in [4.78, 5) is 12.6. The molecule has 7 nitrogen and oxygen atoms in total. The van der Waals surface area contributed by atoms with Gasteiger partial charge in [-0.05, 0) is 61.9 Å². The Bertz CT molecular complexity index is 1310. The van der Waals surface area contributed by atoms with Gasteiger partial charge in [0.1, 0.15) is 11.6 Å². The Morgan fingerprint density at radius 3 is 2.60 bits per heavy atom. The molecule has 0 aliphatic heterocycles. The maximum atomic E-state index is 13.5. The smallest absolute Gasteiger partial charge is 0.319 e. The second kappa shape index (κ2) is 11.1. The van der Waals surface area contributed by atoms with Crippen molar-refractivity contribution in [3.8, 4) is 11.4 Å². The van der Waals surface area contributed by atoms with Crippen molar-refractivity contribution in [2.45, 2.75) is 30.8 Å². The average Bonchev–Trinajstić information content (AvgIpc) is 3.27. The van der Waals surface area contributed by atoms with E-state index >= 15 is 0 Å². The topological polar surface area (TPSA) is 81.1 Å². The number of anilines is 1. The van der Waals surface area contributed by atoms with Gasteiger partial charge in [-0.3, -0.25) is 4.57 Å². The molecule has 0 saturated heterocycles. The number of nitrogens with zero attached hydrogens (tertiary/aromatic N) is 3. The van der Waals surface area contributed by atoms with Crippen LogP contribution < -0.4 is 15.4 Å². The summed E-state index contributed by atoms with van der Waals surface area (Å²) >= 11 is 1.54. The molecule has 9 heteroatoms. The first-order valence-electron chi connectivity index (χ1n) is 11.0. The van der Waals surface area contributed by atoms with Crippen molar-refractivity contribution in [1.29, 1.82) is 0 Å². The lowest BCUT2D eigenvalue weighted by molar-refractivity contribution is 0.249. The van der Waals surface area contributed by atoms with Gasteiger partial charge in [0, 0.05) is 17.1 Å². The summed E-state index contributed by atoms with van der Waals surface area (Å²) in [6.07, 6.45) is 0. The standard InChI is InChI=1S/C26H26FN5O2S/c1-17-10-12-22(13-11-17)32-24(18(2)28-25(33)29-21-8-5-7-20(27)15-21)30-31-26(32)35-16-19-6-4-9-23(14-19)34-3/h4-15,18H,16H2,1-3H3,(H2,28,29,33). The Morgan fingerprint density at radius 2 is 1.86 bits per heavy atom. The predicted molar refractivity (Wildman–Crippen MR) is 136 cm³/mol. The largest absolute Gasteiger partial charge is 0.497 e. The first-order valence-corrected chi connectivity index (χ1v) is 12.0. The lowest BCUT2D eigenvalue weighted by Gasteiger charge is -2.17. The maximum absolute atomic E-state index is 13.5. The van der Waals surface area contributed by atoms with E-state index in [-0.39, 0.29) is 0 Å². The van der Waals surface area contributed by atoms with Crippen LogP contribution >= 0.6 is 11.8 Å². The molecule has 0 spiro atoms. The maximum Gasteiger partial charge on any atom is 0.319 e. The molecule has 0 aliphatic carbocycles. The van der Waals surface area contributed by atoms with E-state index < -0.39 is 17.9 Å². The molecule has 0 fully saturated rings. The van der Waals surface area contributed by atoms with Crippen LogP contribution in [0.5, 0.6) is 5.75 Å². The van der Waals surface area contributed by atoms with Crippen LogP contribution in [-0.2, 0) is 5.75 Å². The van der Waals surface area contributed by atoms with Crippen molar-refractivity contribution in [3.63, 3.8) is 0 Å². The van der Waals surface area contributed by atoms with E-state index in [2.05, 4.69) is 20.8 Å². The van der Waals surface area contributed by atoms with Gasteiger partial charge in [0.05, 0.1) is 13.2 Å². The highest BCUT2D eigenvalue weighted by molar-refractivity contribution is 7.98. The minimum absolute atomic E-state index is 0.365. The molecule has 4 rings (SSSR count). The lowest BCUT2D eigenvalue weighted by atomic mass is 10.2. The Balaban J connectivity index is 1.56. The van der Waals surface area contributed by atoms with Crippen molar-refractivity contribution < 1.29 is 13.9 Å². The number of ether oxygens (including phenoxy) is 1. The van der Waals surface area contributed by atoms with Crippen molar-refractivity contribution >= 4 is 23.5 Å². The third kappa shape index (κ3) is 6.19. The van der Waals surface area contributed by atoms with E-state index in [1.165, 1.54) is 18.2 Å². The predicted octanol–water partition coefficient (Wildman–Crippen LogP) is 5.90. The fraction of sp³-hybridized carbons (Fsp3) is 0.192. The summed E-state index contributed by atoms with van der Waals surface area (Å²) in [7, 11) is 1.64. The van der Waals surface area contributed by atoms with Gasteiger partial charge >= 0.3 is 6.03 Å². The SMILES string of the molecule is COc1cccc(CSc2nnc(C(C)NC(=O)Nc3cccc(F)c3)n2-c2ccc(C)cc2)c1.